The van der Waals surface area contributed by atoms with Gasteiger partial charge in [-0.1, -0.05) is 30.3 Å². The fourth-order valence-electron chi connectivity index (χ4n) is 2.87. The van der Waals surface area contributed by atoms with Gasteiger partial charge >= 0.3 is 5.97 Å². The number of carbonyl (C=O) groups is 2. The predicted molar refractivity (Wildman–Crippen MR) is 93.1 cm³/mol. The number of nitrogens with zero attached hydrogens (tertiary/aromatic N) is 1. The topological polar surface area (TPSA) is 120 Å². The minimum Gasteiger partial charge on any atom is -0.480 e. The third kappa shape index (κ3) is 3.78. The molecule has 2 aromatic rings. The first-order valence-electron chi connectivity index (χ1n) is 8.16. The molecular weight excluding hydrogens is 358 g/mol. The van der Waals surface area contributed by atoms with Gasteiger partial charge in [-0.2, -0.15) is 4.72 Å². The zero-order valence-electron chi connectivity index (χ0n) is 13.9. The molecule has 0 unspecified atom stereocenters. The molecule has 0 saturated carbocycles. The molecule has 1 aromatic heterocycles. The Balaban J connectivity index is 1.81. The molecule has 1 atom stereocenters. The molecule has 8 nitrogen and oxygen atoms in total. The Bertz CT molecular complexity index is 901. The van der Waals surface area contributed by atoms with Gasteiger partial charge in [0.25, 0.3) is 5.91 Å². The lowest BCUT2D eigenvalue weighted by Crippen LogP contribution is -2.33. The smallest absolute Gasteiger partial charge is 0.326 e. The van der Waals surface area contributed by atoms with Crippen LogP contribution in [0.1, 0.15) is 34.9 Å². The van der Waals surface area contributed by atoms with Crippen LogP contribution in [-0.4, -0.2) is 48.4 Å². The van der Waals surface area contributed by atoms with E-state index in [1.54, 1.807) is 23.1 Å². The molecule has 2 heterocycles. The number of H-pyrrole nitrogens is 1. The van der Waals surface area contributed by atoms with Crippen LogP contribution in [0.4, 0.5) is 0 Å². The second-order valence-electron chi connectivity index (χ2n) is 6.05. The number of aliphatic carboxylic acids is 1. The van der Waals surface area contributed by atoms with Gasteiger partial charge in [0.1, 0.15) is 16.6 Å². The molecule has 1 aliphatic rings. The zero-order chi connectivity index (χ0) is 18.7. The number of amides is 1. The van der Waals surface area contributed by atoms with Crippen molar-refractivity contribution in [3.8, 4) is 0 Å². The third-order valence-electron chi connectivity index (χ3n) is 4.24. The van der Waals surface area contributed by atoms with E-state index < -0.39 is 22.0 Å². The highest BCUT2D eigenvalue weighted by Crippen LogP contribution is 2.20. The van der Waals surface area contributed by atoms with Crippen LogP contribution in [-0.2, 0) is 14.8 Å². The van der Waals surface area contributed by atoms with Crippen LogP contribution in [0, 0.1) is 0 Å². The van der Waals surface area contributed by atoms with Crippen molar-refractivity contribution < 1.29 is 23.1 Å². The summed E-state index contributed by atoms with van der Waals surface area (Å²) < 4.78 is 27.3. The molecule has 138 valence electrons. The Morgan fingerprint density at radius 3 is 2.42 bits per heavy atom. The summed E-state index contributed by atoms with van der Waals surface area (Å²) in [5, 5.41) is 9.38. The van der Waals surface area contributed by atoms with Crippen LogP contribution >= 0.6 is 0 Å². The first-order chi connectivity index (χ1) is 12.4. The Morgan fingerprint density at radius 2 is 1.81 bits per heavy atom. The number of benzene rings is 1. The van der Waals surface area contributed by atoms with E-state index in [4.69, 9.17) is 0 Å². The van der Waals surface area contributed by atoms with Crippen LogP contribution < -0.4 is 4.72 Å². The molecule has 0 aliphatic carbocycles. The van der Waals surface area contributed by atoms with E-state index in [2.05, 4.69) is 9.71 Å². The van der Waals surface area contributed by atoms with Crippen molar-refractivity contribution in [3.63, 3.8) is 0 Å². The Kier molecular flexibility index (Phi) is 5.10. The Hall–Kier alpha value is -2.65. The SMILES string of the molecule is O=C(O)[C@@H](NS(=O)(=O)c1c[nH]c(C(=O)N2CCCC2)c1)c1ccccc1. The fraction of sp³-hybridized carbons (Fsp3) is 0.294. The molecule has 1 saturated heterocycles. The van der Waals surface area contributed by atoms with E-state index in [1.165, 1.54) is 24.4 Å². The number of aromatic amines is 1. The highest BCUT2D eigenvalue weighted by Gasteiger charge is 2.29. The number of nitrogens with one attached hydrogen (secondary N) is 2. The number of likely N-dealkylation sites (tertiary alicyclic amines) is 1. The van der Waals surface area contributed by atoms with Crippen LogP contribution in [0.15, 0.2) is 47.5 Å². The van der Waals surface area contributed by atoms with E-state index in [0.717, 1.165) is 12.8 Å². The number of carbonyl (C=O) groups excluding carboxylic acids is 1. The van der Waals surface area contributed by atoms with Gasteiger partial charge in [-0.15, -0.1) is 0 Å². The molecule has 26 heavy (non-hydrogen) atoms. The van der Waals surface area contributed by atoms with Gasteiger partial charge in [0.2, 0.25) is 10.0 Å². The quantitative estimate of drug-likeness (QED) is 0.702. The fourth-order valence-corrected chi connectivity index (χ4v) is 4.04. The molecule has 1 amide bonds. The summed E-state index contributed by atoms with van der Waals surface area (Å²) >= 11 is 0. The number of carboxylic acid groups (broad SMARTS) is 1. The number of sulfonamides is 1. The molecule has 0 spiro atoms. The highest BCUT2D eigenvalue weighted by molar-refractivity contribution is 7.89. The maximum Gasteiger partial charge on any atom is 0.326 e. The Morgan fingerprint density at radius 1 is 1.15 bits per heavy atom. The lowest BCUT2D eigenvalue weighted by atomic mass is 10.1. The lowest BCUT2D eigenvalue weighted by Gasteiger charge is -2.14. The normalized spacial score (nSPS) is 15.8. The molecule has 1 fully saturated rings. The molecule has 3 rings (SSSR count). The van der Waals surface area contributed by atoms with Crippen LogP contribution in [0.5, 0.6) is 0 Å². The number of aromatic nitrogens is 1. The standard InChI is InChI=1S/C17H19N3O5S/c21-16(20-8-4-5-9-20)14-10-13(11-18-14)26(24,25)19-15(17(22)23)12-6-2-1-3-7-12/h1-3,6-7,10-11,15,18-19H,4-5,8-9H2,(H,22,23)/t15-/m0/s1. The van der Waals surface area contributed by atoms with Crippen molar-refractivity contribution in [2.24, 2.45) is 0 Å². The largest absolute Gasteiger partial charge is 0.480 e. The minimum atomic E-state index is -4.12. The van der Waals surface area contributed by atoms with Crippen LogP contribution in [0.3, 0.4) is 0 Å². The number of hydrogen-bond donors (Lipinski definition) is 3. The van der Waals surface area contributed by atoms with Crippen molar-refractivity contribution in [3.05, 3.63) is 53.9 Å². The van der Waals surface area contributed by atoms with E-state index in [-0.39, 0.29) is 16.5 Å². The maximum absolute atomic E-state index is 12.6. The van der Waals surface area contributed by atoms with Crippen molar-refractivity contribution in [2.45, 2.75) is 23.8 Å². The lowest BCUT2D eigenvalue weighted by molar-refractivity contribution is -0.139. The molecule has 3 N–H and O–H groups in total. The minimum absolute atomic E-state index is 0.166. The van der Waals surface area contributed by atoms with E-state index in [0.29, 0.717) is 18.7 Å². The van der Waals surface area contributed by atoms with Gasteiger partial charge < -0.3 is 15.0 Å². The average molecular weight is 377 g/mol. The van der Waals surface area contributed by atoms with Gasteiger partial charge in [0.15, 0.2) is 0 Å². The second kappa shape index (κ2) is 7.30. The first-order valence-corrected chi connectivity index (χ1v) is 9.64. The molecule has 9 heteroatoms. The average Bonchev–Trinajstić information content (AvgIpc) is 3.31. The van der Waals surface area contributed by atoms with Crippen LogP contribution in [0.2, 0.25) is 0 Å². The van der Waals surface area contributed by atoms with Gasteiger partial charge in [0, 0.05) is 19.3 Å². The summed E-state index contributed by atoms with van der Waals surface area (Å²) in [4.78, 5) is 28.0. The summed E-state index contributed by atoms with van der Waals surface area (Å²) in [5.41, 5.74) is 0.478. The van der Waals surface area contributed by atoms with Crippen molar-refractivity contribution >= 4 is 21.9 Å². The number of carboxylic acids is 1. The summed E-state index contributed by atoms with van der Waals surface area (Å²) in [6.45, 7) is 1.29. The predicted octanol–water partition coefficient (Wildman–Crippen LogP) is 1.35. The molecule has 0 bridgehead atoms. The number of rotatable bonds is 6. The third-order valence-corrected chi connectivity index (χ3v) is 5.65. The zero-order valence-corrected chi connectivity index (χ0v) is 14.7. The van der Waals surface area contributed by atoms with E-state index >= 15 is 0 Å². The summed E-state index contributed by atoms with van der Waals surface area (Å²) in [6.07, 6.45) is 3.04. The molecule has 1 aromatic carbocycles. The van der Waals surface area contributed by atoms with Crippen molar-refractivity contribution in [2.75, 3.05) is 13.1 Å². The Labute approximate surface area is 150 Å². The van der Waals surface area contributed by atoms with E-state index in [1.807, 2.05) is 0 Å². The number of hydrogen-bond acceptors (Lipinski definition) is 4. The van der Waals surface area contributed by atoms with Gasteiger partial charge in [-0.05, 0) is 24.5 Å². The first kappa shape index (κ1) is 18.2. The van der Waals surface area contributed by atoms with Crippen molar-refractivity contribution in [1.82, 2.24) is 14.6 Å². The van der Waals surface area contributed by atoms with Gasteiger partial charge in [-0.25, -0.2) is 8.42 Å². The maximum atomic E-state index is 12.6. The highest BCUT2D eigenvalue weighted by atomic mass is 32.2. The molecular formula is C17H19N3O5S. The molecule has 1 aliphatic heterocycles. The van der Waals surface area contributed by atoms with Gasteiger partial charge in [0.05, 0.1) is 0 Å². The summed E-state index contributed by atoms with van der Waals surface area (Å²) in [6, 6.07) is 7.83. The van der Waals surface area contributed by atoms with E-state index in [9.17, 15) is 23.1 Å². The molecule has 0 radical (unpaired) electrons. The summed E-state index contributed by atoms with van der Waals surface area (Å²) in [7, 11) is -4.12. The second-order valence-corrected chi connectivity index (χ2v) is 7.77. The summed E-state index contributed by atoms with van der Waals surface area (Å²) in [5.74, 6) is -1.58. The van der Waals surface area contributed by atoms with Crippen LogP contribution in [0.25, 0.3) is 0 Å². The van der Waals surface area contributed by atoms with Gasteiger partial charge in [-0.3, -0.25) is 9.59 Å². The van der Waals surface area contributed by atoms with Crippen molar-refractivity contribution in [1.29, 1.82) is 0 Å². The monoisotopic (exact) mass is 377 g/mol.